The van der Waals surface area contributed by atoms with Crippen molar-refractivity contribution in [2.24, 2.45) is 0 Å². The van der Waals surface area contributed by atoms with Crippen molar-refractivity contribution in [3.8, 4) is 50.7 Å². The third kappa shape index (κ3) is 6.53. The van der Waals surface area contributed by atoms with Crippen LogP contribution in [0, 0.1) is 0 Å². The molecule has 18 aromatic rings. The van der Waals surface area contributed by atoms with Gasteiger partial charge in [0.25, 0.3) is 0 Å². The molecule has 0 aliphatic carbocycles. The van der Waals surface area contributed by atoms with Crippen LogP contribution in [-0.4, -0.2) is 22.8 Å². The van der Waals surface area contributed by atoms with Gasteiger partial charge in [-0.3, -0.25) is 0 Å². The largest absolute Gasteiger partial charge is 0.309 e. The molecule has 18 rings (SSSR count). The maximum atomic E-state index is 2.53. The molecular formula is C78H49N5. The maximum absolute atomic E-state index is 2.53. The molecule has 0 aliphatic heterocycles. The van der Waals surface area contributed by atoms with Gasteiger partial charge in [0.2, 0.25) is 0 Å². The lowest BCUT2D eigenvalue weighted by Gasteiger charge is -2.24. The predicted octanol–water partition coefficient (Wildman–Crippen LogP) is 20.5. The van der Waals surface area contributed by atoms with E-state index in [-0.39, 0.29) is 0 Å². The molecule has 0 bridgehead atoms. The molecule has 0 atom stereocenters. The molecule has 0 saturated heterocycles. The fraction of sp³-hybridized carbons (Fsp3) is 0. The van der Waals surface area contributed by atoms with E-state index >= 15 is 0 Å². The molecule has 13 aromatic carbocycles. The number of para-hydroxylation sites is 11. The van der Waals surface area contributed by atoms with E-state index in [2.05, 4.69) is 320 Å². The van der Waals surface area contributed by atoms with Gasteiger partial charge in [-0.2, -0.15) is 0 Å². The first-order valence-electron chi connectivity index (χ1n) is 28.6. The Morgan fingerprint density at radius 2 is 0.373 bits per heavy atom. The van der Waals surface area contributed by atoms with Crippen molar-refractivity contribution >= 4 is 109 Å². The zero-order valence-corrected chi connectivity index (χ0v) is 45.0. The van der Waals surface area contributed by atoms with Gasteiger partial charge in [0.1, 0.15) is 0 Å². The van der Waals surface area contributed by atoms with Crippen molar-refractivity contribution in [3.63, 3.8) is 0 Å². The highest BCUT2D eigenvalue weighted by atomic mass is 15.0. The van der Waals surface area contributed by atoms with Gasteiger partial charge >= 0.3 is 0 Å². The van der Waals surface area contributed by atoms with Gasteiger partial charge in [-0.05, 0) is 91.0 Å². The van der Waals surface area contributed by atoms with Gasteiger partial charge in [-0.1, -0.05) is 206 Å². The Labute approximate surface area is 477 Å². The van der Waals surface area contributed by atoms with Crippen LogP contribution in [0.5, 0.6) is 0 Å². The van der Waals surface area contributed by atoms with E-state index < -0.39 is 0 Å². The lowest BCUT2D eigenvalue weighted by Crippen LogP contribution is -2.06. The van der Waals surface area contributed by atoms with Crippen molar-refractivity contribution in [1.29, 1.82) is 0 Å². The van der Waals surface area contributed by atoms with Crippen molar-refractivity contribution in [1.82, 2.24) is 22.8 Å². The Morgan fingerprint density at radius 1 is 0.145 bits per heavy atom. The second-order valence-electron chi connectivity index (χ2n) is 22.0. The summed E-state index contributed by atoms with van der Waals surface area (Å²) in [6, 6.07) is 110. The topological polar surface area (TPSA) is 24.6 Å². The van der Waals surface area contributed by atoms with Crippen LogP contribution in [0.15, 0.2) is 297 Å². The van der Waals surface area contributed by atoms with Crippen molar-refractivity contribution in [3.05, 3.63) is 297 Å². The molecule has 5 heterocycles. The van der Waals surface area contributed by atoms with E-state index in [0.29, 0.717) is 0 Å². The van der Waals surface area contributed by atoms with Crippen LogP contribution >= 0.6 is 0 Å². The van der Waals surface area contributed by atoms with Crippen LogP contribution in [0.2, 0.25) is 0 Å². The monoisotopic (exact) mass is 1060 g/mol. The smallest absolute Gasteiger partial charge is 0.0562 e. The highest BCUT2D eigenvalue weighted by molar-refractivity contribution is 6.16. The van der Waals surface area contributed by atoms with Crippen LogP contribution in [0.25, 0.3) is 160 Å². The second kappa shape index (κ2) is 17.7. The van der Waals surface area contributed by atoms with E-state index in [1.165, 1.54) is 75.9 Å². The highest BCUT2D eigenvalue weighted by Gasteiger charge is 2.27. The number of hydrogen-bond donors (Lipinski definition) is 0. The van der Waals surface area contributed by atoms with Gasteiger partial charge in [-0.25, -0.2) is 0 Å². The molecule has 0 radical (unpaired) electrons. The standard InChI is InChI=1S/C78H49N5/c1-12-34-65-51(23-1)52-24-2-13-35-66(52)79(65)50-45-46-62-59-31-9-20-42-73(59)81(76(62)47-50)75-44-22-11-33-61(75)64-49-77(82-69-38-16-5-27-55(69)56-28-6-17-39-70(56)82)63(48-78(64)83-71-40-18-7-29-57(71)58-30-8-19-41-72(58)83)60-32-10-21-43-74(60)80-67-36-14-3-25-53(67)54-26-4-15-37-68(54)80/h1-49H. The predicted molar refractivity (Wildman–Crippen MR) is 349 cm³/mol. The van der Waals surface area contributed by atoms with Gasteiger partial charge < -0.3 is 22.8 Å². The summed E-state index contributed by atoms with van der Waals surface area (Å²) in [4.78, 5) is 0. The first-order chi connectivity index (χ1) is 41.2. The van der Waals surface area contributed by atoms with Crippen LogP contribution in [0.3, 0.4) is 0 Å². The van der Waals surface area contributed by atoms with Crippen LogP contribution in [-0.2, 0) is 0 Å². The summed E-state index contributed by atoms with van der Waals surface area (Å²) in [7, 11) is 0. The zero-order valence-electron chi connectivity index (χ0n) is 45.0. The average Bonchev–Trinajstić information content (AvgIpc) is 3.85. The van der Waals surface area contributed by atoms with E-state index in [4.69, 9.17) is 0 Å². The summed E-state index contributed by atoms with van der Waals surface area (Å²) in [5, 5.41) is 12.2. The number of nitrogens with zero attached hydrogens (tertiary/aromatic N) is 5. The fourth-order valence-corrected chi connectivity index (χ4v) is 14.3. The Bertz CT molecular complexity index is 5500. The molecule has 5 heteroatoms. The van der Waals surface area contributed by atoms with Crippen molar-refractivity contribution < 1.29 is 0 Å². The summed E-state index contributed by atoms with van der Waals surface area (Å²) >= 11 is 0. The van der Waals surface area contributed by atoms with E-state index in [1.54, 1.807) is 0 Å². The van der Waals surface area contributed by atoms with Gasteiger partial charge in [0, 0.05) is 81.8 Å². The molecule has 5 aromatic heterocycles. The van der Waals surface area contributed by atoms with Crippen LogP contribution in [0.4, 0.5) is 0 Å². The van der Waals surface area contributed by atoms with Gasteiger partial charge in [-0.15, -0.1) is 0 Å². The molecule has 0 amide bonds. The quantitative estimate of drug-likeness (QED) is 0.152. The summed E-state index contributed by atoms with van der Waals surface area (Å²) in [5.74, 6) is 0. The Morgan fingerprint density at radius 3 is 0.687 bits per heavy atom. The van der Waals surface area contributed by atoms with E-state index in [1.807, 2.05) is 0 Å². The number of benzene rings is 13. The van der Waals surface area contributed by atoms with Crippen LogP contribution < -0.4 is 0 Å². The first kappa shape index (κ1) is 45.7. The summed E-state index contributed by atoms with van der Waals surface area (Å²) < 4.78 is 12.5. The Balaban J connectivity index is 0.998. The lowest BCUT2D eigenvalue weighted by atomic mass is 9.93. The molecule has 0 saturated carbocycles. The fourth-order valence-electron chi connectivity index (χ4n) is 14.3. The van der Waals surface area contributed by atoms with Crippen LogP contribution in [0.1, 0.15) is 0 Å². The highest BCUT2D eigenvalue weighted by Crippen LogP contribution is 2.48. The minimum atomic E-state index is 1.08. The molecule has 386 valence electrons. The zero-order chi connectivity index (χ0) is 54.3. The lowest BCUT2D eigenvalue weighted by molar-refractivity contribution is 1.13. The number of hydrogen-bond acceptors (Lipinski definition) is 0. The van der Waals surface area contributed by atoms with Crippen molar-refractivity contribution in [2.45, 2.75) is 0 Å². The first-order valence-corrected chi connectivity index (χ1v) is 28.6. The summed E-state index contributed by atoms with van der Waals surface area (Å²) in [5.41, 5.74) is 21.5. The molecule has 0 fully saturated rings. The normalized spacial score (nSPS) is 12.1. The number of rotatable bonds is 7. The number of aromatic nitrogens is 5. The maximum Gasteiger partial charge on any atom is 0.0562 e. The third-order valence-corrected chi connectivity index (χ3v) is 17.7. The van der Waals surface area contributed by atoms with Crippen molar-refractivity contribution in [2.75, 3.05) is 0 Å². The SMILES string of the molecule is c1ccc(-n2c3ccccc3c3ccccc32)c(-c2cc(-n3c4ccccc4c4ccccc43)c(-c3ccccc3-n3c4ccccc4c4ccc(-n5c6ccccc6c6ccccc65)cc43)cc2-n2c3ccccc3c3ccccc32)c1. The molecule has 5 nitrogen and oxygen atoms in total. The Kier molecular flexibility index (Phi) is 9.73. The molecule has 0 N–H and O–H groups in total. The second-order valence-corrected chi connectivity index (χ2v) is 22.0. The van der Waals surface area contributed by atoms with E-state index in [0.717, 1.165) is 83.8 Å². The molecule has 0 spiro atoms. The van der Waals surface area contributed by atoms with Gasteiger partial charge in [0.05, 0.1) is 77.9 Å². The summed E-state index contributed by atoms with van der Waals surface area (Å²) in [6.45, 7) is 0. The molecule has 83 heavy (non-hydrogen) atoms. The minimum absolute atomic E-state index is 1.08. The molecule has 0 unspecified atom stereocenters. The summed E-state index contributed by atoms with van der Waals surface area (Å²) in [6.07, 6.45) is 0. The minimum Gasteiger partial charge on any atom is -0.309 e. The van der Waals surface area contributed by atoms with E-state index in [9.17, 15) is 0 Å². The average molecular weight is 1060 g/mol. The molecular weight excluding hydrogens is 1010 g/mol. The Hall–Kier alpha value is -11.1. The third-order valence-electron chi connectivity index (χ3n) is 17.7. The molecule has 0 aliphatic rings. The van der Waals surface area contributed by atoms with Gasteiger partial charge in [0.15, 0.2) is 0 Å². The number of fused-ring (bicyclic) bond motifs is 15.